The summed E-state index contributed by atoms with van der Waals surface area (Å²) in [6.07, 6.45) is 23.3. The predicted molar refractivity (Wildman–Crippen MR) is 152 cm³/mol. The standard InChI is InChI=1S/C31H47Br.H3N/c1-2-3-4-5-6-7-8-9-10-11-12-13-14-21-26-31(32,27-29-22-17-15-18-23-29)28-30-24-19-16-20-25-30;/h15-20,22-25H,2-14,21,26-28H2,1H3;1H3. The van der Waals surface area contributed by atoms with Crippen molar-refractivity contribution >= 4 is 15.9 Å². The number of alkyl halides is 1. The number of unbranched alkanes of at least 4 members (excludes halogenated alkanes) is 13. The van der Waals surface area contributed by atoms with Crippen LogP contribution in [0.5, 0.6) is 0 Å². The van der Waals surface area contributed by atoms with E-state index in [1.54, 1.807) is 0 Å². The summed E-state index contributed by atoms with van der Waals surface area (Å²) in [6, 6.07) is 22.0. The van der Waals surface area contributed by atoms with Gasteiger partial charge in [0, 0.05) is 4.32 Å². The zero-order chi connectivity index (χ0) is 22.7. The first-order chi connectivity index (χ1) is 15.7. The highest BCUT2D eigenvalue weighted by molar-refractivity contribution is 9.10. The van der Waals surface area contributed by atoms with Crippen molar-refractivity contribution in [3.8, 4) is 0 Å². The van der Waals surface area contributed by atoms with Gasteiger partial charge in [-0.25, -0.2) is 0 Å². The number of hydrogen-bond acceptors (Lipinski definition) is 1. The van der Waals surface area contributed by atoms with Gasteiger partial charge in [-0.1, -0.05) is 173 Å². The zero-order valence-corrected chi connectivity index (χ0v) is 23.0. The fourth-order valence-electron chi connectivity index (χ4n) is 4.80. The molecule has 0 amide bonds. The van der Waals surface area contributed by atoms with Gasteiger partial charge in [0.25, 0.3) is 0 Å². The highest BCUT2D eigenvalue weighted by Crippen LogP contribution is 2.34. The van der Waals surface area contributed by atoms with Crippen molar-refractivity contribution in [2.45, 2.75) is 120 Å². The molecule has 0 aliphatic rings. The van der Waals surface area contributed by atoms with E-state index in [1.165, 1.54) is 107 Å². The van der Waals surface area contributed by atoms with Gasteiger partial charge in [0.15, 0.2) is 0 Å². The fraction of sp³-hybridized carbons (Fsp3) is 0.613. The second kappa shape index (κ2) is 19.2. The van der Waals surface area contributed by atoms with E-state index in [4.69, 9.17) is 0 Å². The molecule has 1 nitrogen and oxygen atoms in total. The van der Waals surface area contributed by atoms with Gasteiger partial charge in [0.1, 0.15) is 0 Å². The summed E-state index contributed by atoms with van der Waals surface area (Å²) in [5, 5.41) is 0. The van der Waals surface area contributed by atoms with Gasteiger partial charge in [0.05, 0.1) is 0 Å². The van der Waals surface area contributed by atoms with Crippen molar-refractivity contribution < 1.29 is 0 Å². The molecule has 2 heteroatoms. The topological polar surface area (TPSA) is 35.0 Å². The fourth-order valence-corrected chi connectivity index (χ4v) is 5.73. The maximum atomic E-state index is 4.20. The highest BCUT2D eigenvalue weighted by atomic mass is 79.9. The van der Waals surface area contributed by atoms with Crippen molar-refractivity contribution in [3.05, 3.63) is 71.8 Å². The van der Waals surface area contributed by atoms with E-state index in [9.17, 15) is 0 Å². The Bertz CT molecular complexity index is 628. The first-order valence-corrected chi connectivity index (χ1v) is 14.3. The molecule has 0 aromatic heterocycles. The second-order valence-electron chi connectivity index (χ2n) is 9.82. The molecule has 2 rings (SSSR count). The largest absolute Gasteiger partial charge is 0.344 e. The third-order valence-electron chi connectivity index (χ3n) is 6.71. The molecule has 0 atom stereocenters. The lowest BCUT2D eigenvalue weighted by Crippen LogP contribution is -2.27. The van der Waals surface area contributed by atoms with Crippen LogP contribution in [-0.2, 0) is 12.8 Å². The van der Waals surface area contributed by atoms with Crippen molar-refractivity contribution in [2.24, 2.45) is 0 Å². The average molecular weight is 517 g/mol. The molecular formula is C31H50BrN. The van der Waals surface area contributed by atoms with Crippen LogP contribution in [-0.4, -0.2) is 4.32 Å². The Kier molecular flexibility index (Phi) is 17.4. The SMILES string of the molecule is CCCCCCCCCCCCCCCCC(Br)(Cc1ccccc1)Cc1ccccc1.N. The Morgan fingerprint density at radius 2 is 0.848 bits per heavy atom. The molecule has 0 spiro atoms. The second-order valence-corrected chi connectivity index (χ2v) is 11.5. The van der Waals surface area contributed by atoms with Crippen LogP contribution in [0.15, 0.2) is 60.7 Å². The lowest BCUT2D eigenvalue weighted by Gasteiger charge is -2.28. The Labute approximate surface area is 213 Å². The Morgan fingerprint density at radius 3 is 1.21 bits per heavy atom. The number of rotatable bonds is 19. The Hall–Kier alpha value is -1.12. The van der Waals surface area contributed by atoms with Gasteiger partial charge >= 0.3 is 0 Å². The highest BCUT2D eigenvalue weighted by Gasteiger charge is 2.27. The maximum Gasteiger partial charge on any atom is 0.0338 e. The van der Waals surface area contributed by atoms with Crippen molar-refractivity contribution in [3.63, 3.8) is 0 Å². The van der Waals surface area contributed by atoms with Gasteiger partial charge in [-0.15, -0.1) is 0 Å². The minimum absolute atomic E-state index is 0. The minimum Gasteiger partial charge on any atom is -0.344 e. The summed E-state index contributed by atoms with van der Waals surface area (Å²) in [4.78, 5) is 0. The summed E-state index contributed by atoms with van der Waals surface area (Å²) in [6.45, 7) is 2.30. The molecule has 0 heterocycles. The minimum atomic E-state index is 0. The zero-order valence-electron chi connectivity index (χ0n) is 21.4. The number of benzene rings is 2. The Balaban J connectivity index is 0.00000544. The van der Waals surface area contributed by atoms with Crippen LogP contribution in [0.3, 0.4) is 0 Å². The molecule has 0 aliphatic heterocycles. The van der Waals surface area contributed by atoms with E-state index in [1.807, 2.05) is 0 Å². The smallest absolute Gasteiger partial charge is 0.0338 e. The molecule has 0 aliphatic carbocycles. The van der Waals surface area contributed by atoms with Crippen LogP contribution in [0.2, 0.25) is 0 Å². The van der Waals surface area contributed by atoms with Crippen LogP contribution >= 0.6 is 15.9 Å². The third-order valence-corrected chi connectivity index (χ3v) is 7.66. The molecule has 33 heavy (non-hydrogen) atoms. The van der Waals surface area contributed by atoms with Gasteiger partial charge in [-0.3, -0.25) is 0 Å². The molecule has 0 fully saturated rings. The first-order valence-electron chi connectivity index (χ1n) is 13.5. The molecular weight excluding hydrogens is 466 g/mol. The van der Waals surface area contributed by atoms with E-state index in [2.05, 4.69) is 83.5 Å². The van der Waals surface area contributed by atoms with E-state index in [0.717, 1.165) is 12.8 Å². The molecule has 186 valence electrons. The van der Waals surface area contributed by atoms with Crippen LogP contribution in [0.1, 0.15) is 114 Å². The average Bonchev–Trinajstić information content (AvgIpc) is 2.80. The van der Waals surface area contributed by atoms with Crippen LogP contribution in [0, 0.1) is 0 Å². The summed E-state index contributed by atoms with van der Waals surface area (Å²) in [5.41, 5.74) is 2.87. The van der Waals surface area contributed by atoms with Crippen molar-refractivity contribution in [1.82, 2.24) is 6.15 Å². The molecule has 2 aromatic carbocycles. The molecule has 3 N–H and O–H groups in total. The molecule has 0 radical (unpaired) electrons. The molecule has 2 aromatic rings. The summed E-state index contributed by atoms with van der Waals surface area (Å²) >= 11 is 4.20. The Morgan fingerprint density at radius 1 is 0.515 bits per heavy atom. The maximum absolute atomic E-state index is 4.20. The van der Waals surface area contributed by atoms with Gasteiger partial charge in [-0.05, 0) is 30.4 Å². The normalized spacial score (nSPS) is 11.3. The van der Waals surface area contributed by atoms with Crippen molar-refractivity contribution in [2.75, 3.05) is 0 Å². The summed E-state index contributed by atoms with van der Waals surface area (Å²) in [5.74, 6) is 0. The van der Waals surface area contributed by atoms with Crippen LogP contribution in [0.4, 0.5) is 0 Å². The van der Waals surface area contributed by atoms with Gasteiger partial charge in [0.2, 0.25) is 0 Å². The van der Waals surface area contributed by atoms with E-state index in [-0.39, 0.29) is 10.5 Å². The molecule has 0 unspecified atom stereocenters. The lowest BCUT2D eigenvalue weighted by molar-refractivity contribution is 0.488. The van der Waals surface area contributed by atoms with Gasteiger partial charge < -0.3 is 6.15 Å². The summed E-state index contributed by atoms with van der Waals surface area (Å²) < 4.78 is 0.160. The third kappa shape index (κ3) is 14.7. The number of halogens is 1. The van der Waals surface area contributed by atoms with Crippen LogP contribution < -0.4 is 6.15 Å². The quantitative estimate of drug-likeness (QED) is 0.146. The molecule has 0 saturated carbocycles. The van der Waals surface area contributed by atoms with Crippen LogP contribution in [0.25, 0.3) is 0 Å². The molecule has 0 bridgehead atoms. The lowest BCUT2D eigenvalue weighted by atomic mass is 9.87. The predicted octanol–water partition coefficient (Wildman–Crippen LogP) is 10.6. The summed E-state index contributed by atoms with van der Waals surface area (Å²) in [7, 11) is 0. The first kappa shape index (κ1) is 29.9. The van der Waals surface area contributed by atoms with E-state index >= 15 is 0 Å². The number of hydrogen-bond donors (Lipinski definition) is 1. The molecule has 0 saturated heterocycles. The van der Waals surface area contributed by atoms with Crippen molar-refractivity contribution in [1.29, 1.82) is 0 Å². The van der Waals surface area contributed by atoms with Gasteiger partial charge in [-0.2, -0.15) is 0 Å². The van der Waals surface area contributed by atoms with E-state index in [0.29, 0.717) is 0 Å². The van der Waals surface area contributed by atoms with E-state index < -0.39 is 0 Å². The monoisotopic (exact) mass is 515 g/mol.